The van der Waals surface area contributed by atoms with Crippen LogP contribution in [0.15, 0.2) is 97.1 Å². The molecule has 0 unspecified atom stereocenters. The van der Waals surface area contributed by atoms with Crippen LogP contribution in [0.25, 0.3) is 54.2 Å². The molecule has 0 saturated carbocycles. The van der Waals surface area contributed by atoms with Crippen LogP contribution in [0, 0.1) is 10.7 Å². The van der Waals surface area contributed by atoms with Crippen LogP contribution < -0.4 is 16.0 Å². The summed E-state index contributed by atoms with van der Waals surface area (Å²) < 4.78 is 0. The van der Waals surface area contributed by atoms with Crippen molar-refractivity contribution < 1.29 is 0 Å². The largest absolute Gasteiger partial charge is 0.353 e. The number of nitrogens with one attached hydrogen (secondary N) is 5. The van der Waals surface area contributed by atoms with E-state index < -0.39 is 0 Å². The van der Waals surface area contributed by atoms with E-state index in [9.17, 15) is 0 Å². The van der Waals surface area contributed by atoms with Crippen molar-refractivity contribution in [3.63, 3.8) is 0 Å². The van der Waals surface area contributed by atoms with Crippen LogP contribution in [0.4, 0.5) is 11.6 Å². The van der Waals surface area contributed by atoms with E-state index in [2.05, 4.69) is 136 Å². The molecule has 0 spiro atoms. The average Bonchev–Trinajstić information content (AvgIpc) is 3.77. The summed E-state index contributed by atoms with van der Waals surface area (Å²) in [6.07, 6.45) is 0. The van der Waals surface area contributed by atoms with Gasteiger partial charge in [-0.15, -0.1) is 0 Å². The minimum atomic E-state index is 0.976. The summed E-state index contributed by atoms with van der Waals surface area (Å²) in [6, 6.07) is 34.6. The van der Waals surface area contributed by atoms with Gasteiger partial charge in [0.2, 0.25) is 0 Å². The first-order chi connectivity index (χ1) is 20.2. The molecule has 0 fully saturated rings. The number of rotatable bonds is 0. The molecule has 8 aromatic rings. The molecule has 0 aliphatic carbocycles. The van der Waals surface area contributed by atoms with Gasteiger partial charge in [-0.25, -0.2) is 0 Å². The number of hydrogen-bond acceptors (Lipinski definition) is 1. The number of aromatic amines is 4. The van der Waals surface area contributed by atoms with Crippen LogP contribution in [0.2, 0.25) is 0 Å². The first-order valence-corrected chi connectivity index (χ1v) is 14.1. The molecule has 5 heteroatoms. The van der Waals surface area contributed by atoms with Crippen molar-refractivity contribution in [2.45, 2.75) is 13.8 Å². The summed E-state index contributed by atoms with van der Waals surface area (Å²) in [5, 5.41) is 17.7. The Hall–Kier alpha value is -5.42. The van der Waals surface area contributed by atoms with E-state index in [4.69, 9.17) is 0 Å². The predicted octanol–water partition coefficient (Wildman–Crippen LogP) is 7.39. The smallest absolute Gasteiger partial charge is 0.117 e. The Balaban J connectivity index is 1.60. The summed E-state index contributed by atoms with van der Waals surface area (Å²) in [6.45, 7) is 4.42. The van der Waals surface area contributed by atoms with Gasteiger partial charge in [0.1, 0.15) is 11.6 Å². The lowest BCUT2D eigenvalue weighted by molar-refractivity contribution is 1.18. The Morgan fingerprint density at radius 3 is 1.05 bits per heavy atom. The van der Waals surface area contributed by atoms with Crippen LogP contribution in [0.1, 0.15) is 25.2 Å². The second-order valence-electron chi connectivity index (χ2n) is 11.1. The summed E-state index contributed by atoms with van der Waals surface area (Å²) >= 11 is 0. The van der Waals surface area contributed by atoms with Gasteiger partial charge in [0, 0.05) is 43.1 Å². The van der Waals surface area contributed by atoms with E-state index in [1.807, 2.05) is 0 Å². The third-order valence-corrected chi connectivity index (χ3v) is 8.86. The van der Waals surface area contributed by atoms with Crippen LogP contribution >= 0.6 is 0 Å². The van der Waals surface area contributed by atoms with Gasteiger partial charge in [-0.1, -0.05) is 97.1 Å². The minimum Gasteiger partial charge on any atom is -0.353 e. The van der Waals surface area contributed by atoms with Crippen molar-refractivity contribution in [2.75, 3.05) is 5.32 Å². The molecule has 1 aliphatic heterocycles. The molecule has 5 heterocycles. The van der Waals surface area contributed by atoms with Crippen LogP contribution in [-0.2, 0) is 0 Å². The fourth-order valence-corrected chi connectivity index (χ4v) is 6.86. The predicted molar refractivity (Wildman–Crippen MR) is 170 cm³/mol. The van der Waals surface area contributed by atoms with Crippen molar-refractivity contribution in [3.05, 3.63) is 130 Å². The number of H-pyrrole nitrogens is 4. The number of aromatic nitrogens is 4. The summed E-state index contributed by atoms with van der Waals surface area (Å²) in [5.74, 6) is 1.95. The lowest BCUT2D eigenvalue weighted by Gasteiger charge is -2.04. The van der Waals surface area contributed by atoms with Gasteiger partial charge in [0.25, 0.3) is 0 Å². The second kappa shape index (κ2) is 8.05. The van der Waals surface area contributed by atoms with E-state index in [1.54, 1.807) is 0 Å². The molecular weight excluding hydrogens is 502 g/mol. The van der Waals surface area contributed by atoms with Gasteiger partial charge in [-0.3, -0.25) is 0 Å². The fourth-order valence-electron chi connectivity index (χ4n) is 6.86. The molecule has 4 aromatic carbocycles. The normalized spacial score (nSPS) is 13.2. The lowest BCUT2D eigenvalue weighted by Crippen LogP contribution is -2.08. The highest BCUT2D eigenvalue weighted by Crippen LogP contribution is 2.36. The van der Waals surface area contributed by atoms with E-state index in [0.29, 0.717) is 0 Å². The Labute approximate surface area is 234 Å². The molecule has 0 saturated heterocycles. The third kappa shape index (κ3) is 3.00. The number of benzene rings is 4. The standard InChI is InChI=1S/C36H27N5/c1-19-29-21-11-3-5-13-23(21)33(37-29)34-24-14-6-4-12-22(24)30(38-34)20(2)32-26-16-8-10-18-28(26)36(40-32)41-35-27-17-9-7-15-25(27)31(19)39-35/h3-18,37-41H,1-2H3. The Morgan fingerprint density at radius 1 is 0.341 bits per heavy atom. The van der Waals surface area contributed by atoms with Gasteiger partial charge in [-0.05, 0) is 25.0 Å². The number of hydrogen-bond donors (Lipinski definition) is 5. The van der Waals surface area contributed by atoms with Crippen molar-refractivity contribution in [3.8, 4) is 0 Å². The zero-order chi connectivity index (χ0) is 27.2. The quantitative estimate of drug-likeness (QED) is 0.140. The Morgan fingerprint density at radius 2 is 0.659 bits per heavy atom. The highest BCUT2D eigenvalue weighted by atomic mass is 15.1. The summed E-state index contributed by atoms with van der Waals surface area (Å²) in [4.78, 5) is 15.3. The van der Waals surface area contributed by atoms with Crippen LogP contribution in [0.3, 0.4) is 0 Å². The molecule has 8 bridgehead atoms. The average molecular weight is 530 g/mol. The third-order valence-electron chi connectivity index (χ3n) is 8.86. The lowest BCUT2D eigenvalue weighted by atomic mass is 10.1. The van der Waals surface area contributed by atoms with Crippen LogP contribution in [0.5, 0.6) is 0 Å². The second-order valence-corrected chi connectivity index (χ2v) is 11.1. The van der Waals surface area contributed by atoms with Gasteiger partial charge in [0.15, 0.2) is 0 Å². The molecule has 9 rings (SSSR count). The van der Waals surface area contributed by atoms with E-state index >= 15 is 0 Å². The SMILES string of the molecule is CC1=c2[nH]c(c3ccccc23)=c2[nH]c(c3ccccc23)=C(C)c2[nH]c(c3ccccc23)Nc2[nH]c1c1ccccc21. The highest BCUT2D eigenvalue weighted by Gasteiger charge is 2.18. The van der Waals surface area contributed by atoms with Gasteiger partial charge in [0.05, 0.1) is 32.8 Å². The van der Waals surface area contributed by atoms with Gasteiger partial charge in [-0.2, -0.15) is 0 Å². The Bertz CT molecular complexity index is 2410. The van der Waals surface area contributed by atoms with Crippen molar-refractivity contribution in [1.82, 2.24) is 19.9 Å². The molecule has 0 atom stereocenters. The topological polar surface area (TPSA) is 75.2 Å². The highest BCUT2D eigenvalue weighted by molar-refractivity contribution is 6.06. The van der Waals surface area contributed by atoms with Gasteiger partial charge < -0.3 is 25.3 Å². The van der Waals surface area contributed by atoms with E-state index in [0.717, 1.165) is 55.2 Å². The molecule has 5 N–H and O–H groups in total. The minimum absolute atomic E-state index is 0.976. The zero-order valence-electron chi connectivity index (χ0n) is 22.7. The van der Waals surface area contributed by atoms with Crippen molar-refractivity contribution >= 4 is 65.9 Å². The van der Waals surface area contributed by atoms with Crippen molar-refractivity contribution in [1.29, 1.82) is 0 Å². The maximum atomic E-state index is 3.88. The molecule has 0 amide bonds. The maximum Gasteiger partial charge on any atom is 0.117 e. The van der Waals surface area contributed by atoms with E-state index in [-0.39, 0.29) is 0 Å². The first kappa shape index (κ1) is 22.4. The molecule has 1 aliphatic rings. The first-order valence-electron chi connectivity index (χ1n) is 14.1. The molecular formula is C36H27N5. The maximum absolute atomic E-state index is 3.88. The monoisotopic (exact) mass is 529 g/mol. The number of fused-ring (bicyclic) bond motifs is 20. The number of anilines is 2. The molecule has 0 radical (unpaired) electrons. The molecule has 4 aromatic heterocycles. The van der Waals surface area contributed by atoms with Crippen molar-refractivity contribution in [2.24, 2.45) is 0 Å². The van der Waals surface area contributed by atoms with E-state index in [1.165, 1.54) is 43.5 Å². The molecule has 5 nitrogen and oxygen atoms in total. The summed E-state index contributed by atoms with van der Waals surface area (Å²) in [7, 11) is 0. The fraction of sp³-hybridized carbons (Fsp3) is 0.0556. The zero-order valence-corrected chi connectivity index (χ0v) is 22.7. The molecule has 41 heavy (non-hydrogen) atoms. The Kier molecular flexibility index (Phi) is 4.40. The van der Waals surface area contributed by atoms with Crippen LogP contribution in [-0.4, -0.2) is 19.9 Å². The van der Waals surface area contributed by atoms with Gasteiger partial charge >= 0.3 is 0 Å². The molecule has 196 valence electrons. The summed E-state index contributed by atoms with van der Waals surface area (Å²) in [5.41, 5.74) is 4.55.